The number of pyridine rings is 1. The summed E-state index contributed by atoms with van der Waals surface area (Å²) in [6.45, 7) is 6.64. The summed E-state index contributed by atoms with van der Waals surface area (Å²) >= 11 is 0. The highest BCUT2D eigenvalue weighted by Gasteiger charge is 2.41. The van der Waals surface area contributed by atoms with Crippen molar-refractivity contribution in [2.24, 2.45) is 0 Å². The van der Waals surface area contributed by atoms with Crippen LogP contribution in [0.4, 0.5) is 13.2 Å². The first-order valence-electron chi connectivity index (χ1n) is 14.4. The van der Waals surface area contributed by atoms with Gasteiger partial charge in [-0.05, 0) is 51.8 Å². The lowest BCUT2D eigenvalue weighted by atomic mass is 9.87. The molecule has 43 heavy (non-hydrogen) atoms. The summed E-state index contributed by atoms with van der Waals surface area (Å²) in [5.41, 5.74) is 1.91. The van der Waals surface area contributed by atoms with E-state index in [9.17, 15) is 4.79 Å². The molecule has 0 aliphatic carbocycles. The number of nitrogens with zero attached hydrogens (tertiary/aromatic N) is 2. The SMILES string of the molecule is CCOC(=O)COCc1cccnc1COc1cc(F)c([C@@H]2c3[nH]c4ccccc4c3C[C@@H](C)N2CC(C)(C)F)c(F)c1. The second-order valence-corrected chi connectivity index (χ2v) is 11.4. The monoisotopic (exact) mass is 595 g/mol. The summed E-state index contributed by atoms with van der Waals surface area (Å²) in [6.07, 6.45) is 2.19. The molecule has 0 saturated heterocycles. The zero-order chi connectivity index (χ0) is 30.7. The Morgan fingerprint density at radius 1 is 1.12 bits per heavy atom. The van der Waals surface area contributed by atoms with E-state index < -0.39 is 29.3 Å². The molecule has 2 aromatic carbocycles. The third-order valence-corrected chi connectivity index (χ3v) is 7.54. The molecule has 0 spiro atoms. The van der Waals surface area contributed by atoms with Crippen LogP contribution in [0.3, 0.4) is 0 Å². The highest BCUT2D eigenvalue weighted by Crippen LogP contribution is 2.43. The van der Waals surface area contributed by atoms with Crippen LogP contribution in [0, 0.1) is 11.6 Å². The molecule has 3 heterocycles. The number of fused-ring (bicyclic) bond motifs is 3. The Morgan fingerprint density at radius 2 is 1.86 bits per heavy atom. The largest absolute Gasteiger partial charge is 0.487 e. The number of benzene rings is 2. The maximum absolute atomic E-state index is 16.0. The Hall–Kier alpha value is -3.89. The first-order valence-corrected chi connectivity index (χ1v) is 14.4. The Labute approximate surface area is 249 Å². The van der Waals surface area contributed by atoms with Crippen LogP contribution < -0.4 is 4.74 Å². The standard InChI is InChI=1S/C33H36F3N3O4/c1-5-42-29(40)18-41-16-21-9-8-12-37-28(21)17-43-22-14-25(34)30(26(35)15-22)32-31-24(23-10-6-7-11-27(23)38-31)13-20(2)39(32)19-33(3,4)36/h6-12,14-15,20,32,38H,5,13,16-19H2,1-4H3/t20-,32-/m1/s1. The highest BCUT2D eigenvalue weighted by molar-refractivity contribution is 5.85. The highest BCUT2D eigenvalue weighted by atomic mass is 19.1. The minimum absolute atomic E-state index is 0.00847. The average Bonchev–Trinajstić information content (AvgIpc) is 3.31. The first-order chi connectivity index (χ1) is 20.6. The molecule has 5 rings (SSSR count). The molecule has 1 aliphatic heterocycles. The topological polar surface area (TPSA) is 76.7 Å². The molecule has 2 atom stereocenters. The molecular formula is C33H36F3N3O4. The maximum atomic E-state index is 16.0. The van der Waals surface area contributed by atoms with Crippen LogP contribution in [-0.2, 0) is 33.9 Å². The lowest BCUT2D eigenvalue weighted by Gasteiger charge is -2.43. The van der Waals surface area contributed by atoms with Crippen LogP contribution >= 0.6 is 0 Å². The van der Waals surface area contributed by atoms with Gasteiger partial charge in [-0.15, -0.1) is 0 Å². The van der Waals surface area contributed by atoms with Crippen LogP contribution in [0.25, 0.3) is 10.9 Å². The number of para-hydroxylation sites is 1. The Kier molecular flexibility index (Phi) is 9.08. The molecule has 228 valence electrons. The Bertz CT molecular complexity index is 1580. The number of nitrogens with one attached hydrogen (secondary N) is 1. The van der Waals surface area contributed by atoms with Crippen molar-refractivity contribution >= 4 is 16.9 Å². The van der Waals surface area contributed by atoms with Gasteiger partial charge in [0, 0.05) is 58.6 Å². The molecule has 0 fully saturated rings. The van der Waals surface area contributed by atoms with E-state index >= 15 is 13.2 Å². The van der Waals surface area contributed by atoms with Crippen molar-refractivity contribution in [2.75, 3.05) is 19.8 Å². The molecule has 2 aromatic heterocycles. The number of aromatic amines is 1. The second kappa shape index (κ2) is 12.8. The number of carbonyl (C=O) groups excluding carboxylic acids is 1. The molecule has 1 N–H and O–H groups in total. The summed E-state index contributed by atoms with van der Waals surface area (Å²) < 4.78 is 63.0. The number of aromatic nitrogens is 2. The van der Waals surface area contributed by atoms with Crippen molar-refractivity contribution in [3.63, 3.8) is 0 Å². The van der Waals surface area contributed by atoms with E-state index in [0.717, 1.165) is 28.6 Å². The van der Waals surface area contributed by atoms with Crippen LogP contribution in [0.15, 0.2) is 54.7 Å². The molecule has 7 nitrogen and oxygen atoms in total. The van der Waals surface area contributed by atoms with E-state index in [1.165, 1.54) is 13.8 Å². The number of alkyl halides is 1. The number of esters is 1. The predicted octanol–water partition coefficient (Wildman–Crippen LogP) is 6.58. The summed E-state index contributed by atoms with van der Waals surface area (Å²) in [6, 6.07) is 12.5. The average molecular weight is 596 g/mol. The molecule has 0 saturated carbocycles. The number of hydrogen-bond donors (Lipinski definition) is 1. The lowest BCUT2D eigenvalue weighted by Crippen LogP contribution is -2.48. The van der Waals surface area contributed by atoms with Gasteiger partial charge in [-0.3, -0.25) is 9.88 Å². The van der Waals surface area contributed by atoms with E-state index in [4.69, 9.17) is 14.2 Å². The lowest BCUT2D eigenvalue weighted by molar-refractivity contribution is -0.148. The van der Waals surface area contributed by atoms with Crippen molar-refractivity contribution < 1.29 is 32.2 Å². The van der Waals surface area contributed by atoms with E-state index in [0.29, 0.717) is 23.4 Å². The fourth-order valence-corrected chi connectivity index (χ4v) is 5.74. The van der Waals surface area contributed by atoms with Crippen molar-refractivity contribution in [2.45, 2.75) is 65.1 Å². The van der Waals surface area contributed by atoms with Crippen LogP contribution in [0.2, 0.25) is 0 Å². The van der Waals surface area contributed by atoms with Crippen LogP contribution in [0.5, 0.6) is 5.75 Å². The number of carbonyl (C=O) groups is 1. The van der Waals surface area contributed by atoms with Gasteiger partial charge >= 0.3 is 5.97 Å². The second-order valence-electron chi connectivity index (χ2n) is 11.4. The van der Waals surface area contributed by atoms with Crippen molar-refractivity contribution in [1.29, 1.82) is 0 Å². The number of ether oxygens (including phenoxy) is 3. The summed E-state index contributed by atoms with van der Waals surface area (Å²) in [4.78, 5) is 21.1. The molecular weight excluding hydrogens is 559 g/mol. The van der Waals surface area contributed by atoms with Gasteiger partial charge in [0.25, 0.3) is 0 Å². The predicted molar refractivity (Wildman–Crippen MR) is 156 cm³/mol. The maximum Gasteiger partial charge on any atom is 0.332 e. The third-order valence-electron chi connectivity index (χ3n) is 7.54. The Balaban J connectivity index is 1.42. The zero-order valence-electron chi connectivity index (χ0n) is 24.8. The molecule has 0 bridgehead atoms. The van der Waals surface area contributed by atoms with Gasteiger partial charge in [0.1, 0.15) is 36.3 Å². The quantitative estimate of drug-likeness (QED) is 0.197. The van der Waals surface area contributed by atoms with Gasteiger partial charge in [0.2, 0.25) is 0 Å². The van der Waals surface area contributed by atoms with Gasteiger partial charge in [0.15, 0.2) is 0 Å². The fourth-order valence-electron chi connectivity index (χ4n) is 5.74. The van der Waals surface area contributed by atoms with Gasteiger partial charge in [-0.25, -0.2) is 18.0 Å². The van der Waals surface area contributed by atoms with Gasteiger partial charge in [-0.1, -0.05) is 24.3 Å². The van der Waals surface area contributed by atoms with E-state index in [-0.39, 0.29) is 50.3 Å². The van der Waals surface area contributed by atoms with Crippen molar-refractivity contribution in [1.82, 2.24) is 14.9 Å². The van der Waals surface area contributed by atoms with E-state index in [1.54, 1.807) is 25.3 Å². The molecule has 0 amide bonds. The van der Waals surface area contributed by atoms with Crippen LogP contribution in [0.1, 0.15) is 61.8 Å². The van der Waals surface area contributed by atoms with E-state index in [2.05, 4.69) is 9.97 Å². The number of H-pyrrole nitrogens is 1. The summed E-state index contributed by atoms with van der Waals surface area (Å²) in [5, 5.41) is 0.992. The summed E-state index contributed by atoms with van der Waals surface area (Å²) in [5.74, 6) is -2.07. The molecule has 0 radical (unpaired) electrons. The molecule has 0 unspecified atom stereocenters. The first kappa shape index (κ1) is 30.6. The molecule has 1 aliphatic rings. The number of halogens is 3. The molecule has 10 heteroatoms. The zero-order valence-corrected chi connectivity index (χ0v) is 24.8. The number of rotatable bonds is 11. The van der Waals surface area contributed by atoms with Gasteiger partial charge in [-0.2, -0.15) is 0 Å². The fraction of sp³-hybridized carbons (Fsp3) is 0.394. The number of hydrogen-bond acceptors (Lipinski definition) is 6. The van der Waals surface area contributed by atoms with Crippen LogP contribution in [-0.4, -0.2) is 52.3 Å². The smallest absolute Gasteiger partial charge is 0.332 e. The van der Waals surface area contributed by atoms with E-state index in [1.807, 2.05) is 36.1 Å². The van der Waals surface area contributed by atoms with Gasteiger partial charge in [0.05, 0.1) is 24.9 Å². The normalized spacial score (nSPS) is 17.2. The Morgan fingerprint density at radius 3 is 2.58 bits per heavy atom. The minimum Gasteiger partial charge on any atom is -0.487 e. The van der Waals surface area contributed by atoms with Crippen molar-refractivity contribution in [3.05, 3.63) is 94.4 Å². The molecule has 4 aromatic rings. The minimum atomic E-state index is -1.59. The third kappa shape index (κ3) is 6.86. The summed E-state index contributed by atoms with van der Waals surface area (Å²) in [7, 11) is 0. The van der Waals surface area contributed by atoms with Gasteiger partial charge < -0.3 is 19.2 Å². The van der Waals surface area contributed by atoms with Crippen molar-refractivity contribution in [3.8, 4) is 5.75 Å².